The summed E-state index contributed by atoms with van der Waals surface area (Å²) in [6, 6.07) is 4.13. The molecular formula is C10H10FN3O. The minimum Gasteiger partial charge on any atom is -0.389 e. The van der Waals surface area contributed by atoms with Crippen molar-refractivity contribution in [3.63, 3.8) is 0 Å². The molecule has 2 rings (SSSR count). The lowest BCUT2D eigenvalue weighted by atomic mass is 10.1. The van der Waals surface area contributed by atoms with Crippen LogP contribution in [-0.4, -0.2) is 20.1 Å². The van der Waals surface area contributed by atoms with E-state index in [9.17, 15) is 9.50 Å². The molecule has 1 aromatic heterocycles. The van der Waals surface area contributed by atoms with Gasteiger partial charge in [0.2, 0.25) is 0 Å². The third-order valence-corrected chi connectivity index (χ3v) is 2.07. The maximum atomic E-state index is 13.0. The molecule has 4 nitrogen and oxygen atoms in total. The summed E-state index contributed by atoms with van der Waals surface area (Å²) < 4.78 is 13.0. The van der Waals surface area contributed by atoms with E-state index >= 15 is 0 Å². The molecule has 0 aliphatic carbocycles. The highest BCUT2D eigenvalue weighted by molar-refractivity contribution is 5.40. The molecule has 0 aliphatic heterocycles. The van der Waals surface area contributed by atoms with Crippen molar-refractivity contribution in [2.45, 2.75) is 13.0 Å². The fourth-order valence-corrected chi connectivity index (χ4v) is 1.38. The monoisotopic (exact) mass is 207 g/mol. The van der Waals surface area contributed by atoms with Crippen LogP contribution in [0.25, 0.3) is 5.69 Å². The third kappa shape index (κ3) is 1.87. The van der Waals surface area contributed by atoms with Gasteiger partial charge in [-0.15, -0.1) is 0 Å². The summed E-state index contributed by atoms with van der Waals surface area (Å²) >= 11 is 0. The minimum absolute atomic E-state index is 0.387. The Kier molecular flexibility index (Phi) is 2.47. The molecule has 78 valence electrons. The second-order valence-corrected chi connectivity index (χ2v) is 3.20. The second-order valence-electron chi connectivity index (χ2n) is 3.20. The number of aliphatic hydroxyl groups is 1. The molecule has 15 heavy (non-hydrogen) atoms. The van der Waals surface area contributed by atoms with Crippen LogP contribution in [0.2, 0.25) is 0 Å². The first-order valence-electron chi connectivity index (χ1n) is 4.52. The molecule has 0 saturated carbocycles. The molecule has 1 atom stereocenters. The summed E-state index contributed by atoms with van der Waals surface area (Å²) in [4.78, 5) is 1.35. The fourth-order valence-electron chi connectivity index (χ4n) is 1.38. The fraction of sp³-hybridized carbons (Fsp3) is 0.200. The van der Waals surface area contributed by atoms with E-state index in [1.54, 1.807) is 6.92 Å². The number of hydrogen-bond acceptors (Lipinski definition) is 3. The quantitative estimate of drug-likeness (QED) is 0.811. The standard InChI is InChI=1S/C10H10FN3O/c1-7(15)9-6-8(11)2-3-10(9)14-12-4-5-13-14/h2-7,15H,1H3/t7-/m0/s1. The lowest BCUT2D eigenvalue weighted by Gasteiger charge is -2.10. The Morgan fingerprint density at radius 3 is 2.60 bits per heavy atom. The second kappa shape index (κ2) is 3.78. The van der Waals surface area contributed by atoms with Crippen LogP contribution in [0.4, 0.5) is 4.39 Å². The highest BCUT2D eigenvalue weighted by Crippen LogP contribution is 2.21. The van der Waals surface area contributed by atoms with Crippen LogP contribution in [0.5, 0.6) is 0 Å². The first kappa shape index (κ1) is 9.79. The Morgan fingerprint density at radius 1 is 1.33 bits per heavy atom. The van der Waals surface area contributed by atoms with Gasteiger partial charge in [-0.1, -0.05) is 0 Å². The molecule has 0 aliphatic rings. The van der Waals surface area contributed by atoms with Crippen molar-refractivity contribution in [1.82, 2.24) is 15.0 Å². The summed E-state index contributed by atoms with van der Waals surface area (Å²) in [6.07, 6.45) is 2.28. The largest absolute Gasteiger partial charge is 0.389 e. The van der Waals surface area contributed by atoms with Gasteiger partial charge in [0.1, 0.15) is 5.82 Å². The average Bonchev–Trinajstić information content (AvgIpc) is 2.70. The van der Waals surface area contributed by atoms with Crippen LogP contribution < -0.4 is 0 Å². The van der Waals surface area contributed by atoms with Gasteiger partial charge in [0.15, 0.2) is 0 Å². The van der Waals surface area contributed by atoms with Crippen molar-refractivity contribution >= 4 is 0 Å². The number of halogens is 1. The summed E-state index contributed by atoms with van der Waals surface area (Å²) in [7, 11) is 0. The van der Waals surface area contributed by atoms with Gasteiger partial charge < -0.3 is 5.11 Å². The average molecular weight is 207 g/mol. The molecule has 1 aromatic carbocycles. The number of benzene rings is 1. The molecule has 0 amide bonds. The summed E-state index contributed by atoms with van der Waals surface area (Å²) in [5.74, 6) is -0.387. The normalized spacial score (nSPS) is 12.7. The van der Waals surface area contributed by atoms with Gasteiger partial charge in [0.05, 0.1) is 24.2 Å². The van der Waals surface area contributed by atoms with E-state index in [1.807, 2.05) is 0 Å². The Balaban J connectivity index is 2.56. The summed E-state index contributed by atoms with van der Waals surface area (Å²) in [6.45, 7) is 1.57. The molecule has 5 heteroatoms. The van der Waals surface area contributed by atoms with E-state index in [0.717, 1.165) is 0 Å². The van der Waals surface area contributed by atoms with Crippen LogP contribution in [0, 0.1) is 5.82 Å². The number of nitrogens with zero attached hydrogens (tertiary/aromatic N) is 3. The van der Waals surface area contributed by atoms with Gasteiger partial charge >= 0.3 is 0 Å². The van der Waals surface area contributed by atoms with Crippen LogP contribution >= 0.6 is 0 Å². The van der Waals surface area contributed by atoms with Gasteiger partial charge in [-0.3, -0.25) is 0 Å². The SMILES string of the molecule is C[C@H](O)c1cc(F)ccc1-n1nccn1. The van der Waals surface area contributed by atoms with Gasteiger partial charge in [-0.05, 0) is 25.1 Å². The molecule has 0 unspecified atom stereocenters. The number of rotatable bonds is 2. The molecule has 1 heterocycles. The van der Waals surface area contributed by atoms with Crippen molar-refractivity contribution in [1.29, 1.82) is 0 Å². The van der Waals surface area contributed by atoms with Gasteiger partial charge in [-0.2, -0.15) is 15.0 Å². The van der Waals surface area contributed by atoms with E-state index in [4.69, 9.17) is 0 Å². The van der Waals surface area contributed by atoms with Crippen molar-refractivity contribution in [2.75, 3.05) is 0 Å². The Morgan fingerprint density at radius 2 is 2.00 bits per heavy atom. The van der Waals surface area contributed by atoms with E-state index in [2.05, 4.69) is 10.2 Å². The van der Waals surface area contributed by atoms with Crippen LogP contribution in [0.1, 0.15) is 18.6 Å². The third-order valence-electron chi connectivity index (χ3n) is 2.07. The van der Waals surface area contributed by atoms with E-state index in [0.29, 0.717) is 11.3 Å². The molecule has 2 aromatic rings. The van der Waals surface area contributed by atoms with Gasteiger partial charge in [-0.25, -0.2) is 4.39 Å². The highest BCUT2D eigenvalue weighted by Gasteiger charge is 2.11. The zero-order valence-corrected chi connectivity index (χ0v) is 8.13. The van der Waals surface area contributed by atoms with Crippen LogP contribution in [0.15, 0.2) is 30.6 Å². The predicted octanol–water partition coefficient (Wildman–Crippen LogP) is 1.46. The molecule has 0 spiro atoms. The summed E-state index contributed by atoms with van der Waals surface area (Å²) in [5.41, 5.74) is 1.04. The van der Waals surface area contributed by atoms with E-state index < -0.39 is 6.10 Å². The zero-order chi connectivity index (χ0) is 10.8. The van der Waals surface area contributed by atoms with Crippen molar-refractivity contribution in [3.8, 4) is 5.69 Å². The maximum Gasteiger partial charge on any atom is 0.123 e. The zero-order valence-electron chi connectivity index (χ0n) is 8.13. The number of aromatic nitrogens is 3. The van der Waals surface area contributed by atoms with Gasteiger partial charge in [0, 0.05) is 5.56 Å². The first-order valence-corrected chi connectivity index (χ1v) is 4.52. The maximum absolute atomic E-state index is 13.0. The molecule has 0 radical (unpaired) electrons. The molecule has 1 N–H and O–H groups in total. The van der Waals surface area contributed by atoms with Crippen molar-refractivity contribution in [2.24, 2.45) is 0 Å². The lowest BCUT2D eigenvalue weighted by Crippen LogP contribution is -2.05. The Hall–Kier alpha value is -1.75. The Labute approximate surface area is 86.0 Å². The van der Waals surface area contributed by atoms with Crippen LogP contribution in [-0.2, 0) is 0 Å². The topological polar surface area (TPSA) is 50.9 Å². The van der Waals surface area contributed by atoms with Gasteiger partial charge in [0.25, 0.3) is 0 Å². The van der Waals surface area contributed by atoms with Crippen LogP contribution in [0.3, 0.4) is 0 Å². The smallest absolute Gasteiger partial charge is 0.123 e. The summed E-state index contributed by atoms with van der Waals surface area (Å²) in [5, 5.41) is 17.4. The lowest BCUT2D eigenvalue weighted by molar-refractivity contribution is 0.198. The number of aliphatic hydroxyl groups excluding tert-OH is 1. The minimum atomic E-state index is -0.762. The molecule has 0 fully saturated rings. The molecule has 0 bridgehead atoms. The highest BCUT2D eigenvalue weighted by atomic mass is 19.1. The number of hydrogen-bond donors (Lipinski definition) is 1. The predicted molar refractivity (Wildman–Crippen MR) is 52.0 cm³/mol. The van der Waals surface area contributed by atoms with E-state index in [1.165, 1.54) is 35.4 Å². The van der Waals surface area contributed by atoms with Crippen molar-refractivity contribution in [3.05, 3.63) is 42.0 Å². The first-order chi connectivity index (χ1) is 7.18. The Bertz CT molecular complexity index is 454. The van der Waals surface area contributed by atoms with Crippen molar-refractivity contribution < 1.29 is 9.50 Å². The molecule has 0 saturated heterocycles. The van der Waals surface area contributed by atoms with E-state index in [-0.39, 0.29) is 5.82 Å². The molecular weight excluding hydrogens is 197 g/mol.